The van der Waals surface area contributed by atoms with Crippen molar-refractivity contribution in [1.82, 2.24) is 4.98 Å². The fraction of sp³-hybridized carbons (Fsp3) is 0.240. The van der Waals surface area contributed by atoms with Crippen molar-refractivity contribution in [3.8, 4) is 28.5 Å². The summed E-state index contributed by atoms with van der Waals surface area (Å²) in [5.41, 5.74) is 3.08. The van der Waals surface area contributed by atoms with Crippen LogP contribution in [-0.4, -0.2) is 43.7 Å². The summed E-state index contributed by atoms with van der Waals surface area (Å²) < 4.78 is 16.4. The highest BCUT2D eigenvalue weighted by Crippen LogP contribution is 2.36. The number of nitrogens with one attached hydrogen (secondary N) is 1. The van der Waals surface area contributed by atoms with Crippen LogP contribution in [0.2, 0.25) is 0 Å². The van der Waals surface area contributed by atoms with Crippen molar-refractivity contribution in [1.29, 1.82) is 0 Å². The lowest BCUT2D eigenvalue weighted by molar-refractivity contribution is -0.121. The Kier molecular flexibility index (Phi) is 7.12. The number of benzene rings is 2. The minimum atomic E-state index is -0.296. The number of methoxy groups -OCH3 is 1. The lowest BCUT2D eigenvalue weighted by Crippen LogP contribution is -2.38. The molecule has 0 spiro atoms. The van der Waals surface area contributed by atoms with E-state index in [0.717, 1.165) is 16.8 Å². The molecule has 8 nitrogen and oxygen atoms in total. The molecule has 0 unspecified atom stereocenters. The fourth-order valence-corrected chi connectivity index (χ4v) is 4.28. The van der Waals surface area contributed by atoms with Crippen LogP contribution in [0.4, 0.5) is 10.8 Å². The third kappa shape index (κ3) is 5.04. The van der Waals surface area contributed by atoms with Crippen molar-refractivity contribution in [2.45, 2.75) is 13.8 Å². The maximum absolute atomic E-state index is 12.4. The predicted octanol–water partition coefficient (Wildman–Crippen LogP) is 4.61. The maximum atomic E-state index is 12.4. The molecule has 4 rings (SSSR count). The first kappa shape index (κ1) is 23.3. The van der Waals surface area contributed by atoms with E-state index in [9.17, 15) is 9.59 Å². The van der Waals surface area contributed by atoms with Gasteiger partial charge in [0, 0.05) is 23.6 Å². The van der Waals surface area contributed by atoms with Crippen LogP contribution in [0.5, 0.6) is 17.2 Å². The molecule has 0 aliphatic carbocycles. The quantitative estimate of drug-likeness (QED) is 0.475. The number of rotatable bonds is 8. The molecule has 0 saturated carbocycles. The van der Waals surface area contributed by atoms with E-state index in [2.05, 4.69) is 10.3 Å². The lowest BCUT2D eigenvalue weighted by Gasteiger charge is -2.28. The van der Waals surface area contributed by atoms with Crippen LogP contribution < -0.4 is 24.4 Å². The Morgan fingerprint density at radius 1 is 1.24 bits per heavy atom. The summed E-state index contributed by atoms with van der Waals surface area (Å²) in [6.45, 7) is 4.97. The SMILES string of the molecule is CCOc1ccc(C=CC(=O)Nc2nc(-c3ccc4c(c3)N(CC)C(=O)CO4)cs2)cc1OC. The Bertz CT molecular complexity index is 1240. The van der Waals surface area contributed by atoms with Gasteiger partial charge in [-0.05, 0) is 55.8 Å². The molecule has 176 valence electrons. The average Bonchev–Trinajstić information content (AvgIpc) is 3.31. The van der Waals surface area contributed by atoms with E-state index in [0.29, 0.717) is 41.2 Å². The van der Waals surface area contributed by atoms with Gasteiger partial charge in [0.15, 0.2) is 23.2 Å². The first-order valence-electron chi connectivity index (χ1n) is 10.8. The zero-order chi connectivity index (χ0) is 24.1. The van der Waals surface area contributed by atoms with Gasteiger partial charge in [-0.2, -0.15) is 0 Å². The van der Waals surface area contributed by atoms with Gasteiger partial charge in [0.1, 0.15) is 5.75 Å². The van der Waals surface area contributed by atoms with E-state index in [1.165, 1.54) is 17.4 Å². The van der Waals surface area contributed by atoms with Gasteiger partial charge < -0.3 is 19.1 Å². The summed E-state index contributed by atoms with van der Waals surface area (Å²) in [5, 5.41) is 5.13. The van der Waals surface area contributed by atoms with Gasteiger partial charge in [0.05, 0.1) is 25.1 Å². The highest BCUT2D eigenvalue weighted by molar-refractivity contribution is 7.14. The largest absolute Gasteiger partial charge is 0.493 e. The minimum Gasteiger partial charge on any atom is -0.493 e. The number of carbonyl (C=O) groups is 2. The number of thiazole rings is 1. The summed E-state index contributed by atoms with van der Waals surface area (Å²) in [5.74, 6) is 1.56. The molecule has 1 N–H and O–H groups in total. The van der Waals surface area contributed by atoms with E-state index >= 15 is 0 Å². The van der Waals surface area contributed by atoms with Gasteiger partial charge in [0.2, 0.25) is 5.91 Å². The third-order valence-corrected chi connectivity index (χ3v) is 5.92. The molecule has 0 saturated heterocycles. The molecule has 9 heteroatoms. The van der Waals surface area contributed by atoms with Crippen molar-refractivity contribution in [3.63, 3.8) is 0 Å². The van der Waals surface area contributed by atoms with Crippen molar-refractivity contribution in [2.24, 2.45) is 0 Å². The van der Waals surface area contributed by atoms with Crippen LogP contribution in [0.15, 0.2) is 47.9 Å². The van der Waals surface area contributed by atoms with Gasteiger partial charge >= 0.3 is 0 Å². The lowest BCUT2D eigenvalue weighted by atomic mass is 10.1. The Balaban J connectivity index is 1.45. The highest BCUT2D eigenvalue weighted by atomic mass is 32.1. The molecule has 2 heterocycles. The van der Waals surface area contributed by atoms with E-state index in [1.807, 2.05) is 49.6 Å². The van der Waals surface area contributed by atoms with Crippen LogP contribution in [0, 0.1) is 0 Å². The highest BCUT2D eigenvalue weighted by Gasteiger charge is 2.24. The van der Waals surface area contributed by atoms with Crippen LogP contribution in [0.3, 0.4) is 0 Å². The molecule has 0 fully saturated rings. The Morgan fingerprint density at radius 2 is 2.09 bits per heavy atom. The number of aromatic nitrogens is 1. The number of ether oxygens (including phenoxy) is 3. The number of likely N-dealkylation sites (N-methyl/N-ethyl adjacent to an activating group) is 1. The van der Waals surface area contributed by atoms with Crippen LogP contribution in [-0.2, 0) is 9.59 Å². The summed E-state index contributed by atoms with van der Waals surface area (Å²) in [6.07, 6.45) is 3.14. The molecule has 2 aromatic carbocycles. The second-order valence-corrected chi connectivity index (χ2v) is 8.17. The Hall–Kier alpha value is -3.85. The molecule has 1 aromatic heterocycles. The number of anilines is 2. The van der Waals surface area contributed by atoms with E-state index in [4.69, 9.17) is 14.2 Å². The number of amides is 2. The molecule has 1 aliphatic heterocycles. The van der Waals surface area contributed by atoms with E-state index < -0.39 is 0 Å². The Labute approximate surface area is 201 Å². The topological polar surface area (TPSA) is 90.0 Å². The molecular formula is C25H25N3O5S. The second kappa shape index (κ2) is 10.4. The number of carbonyl (C=O) groups excluding carboxylic acids is 2. The summed E-state index contributed by atoms with van der Waals surface area (Å²) in [4.78, 5) is 30.8. The van der Waals surface area contributed by atoms with Crippen molar-refractivity contribution in [3.05, 3.63) is 53.4 Å². The predicted molar refractivity (Wildman–Crippen MR) is 133 cm³/mol. The van der Waals surface area contributed by atoms with Gasteiger partial charge in [-0.25, -0.2) is 4.98 Å². The first-order valence-corrected chi connectivity index (χ1v) is 11.7. The molecular weight excluding hydrogens is 454 g/mol. The number of fused-ring (bicyclic) bond motifs is 1. The van der Waals surface area contributed by atoms with Crippen LogP contribution in [0.25, 0.3) is 17.3 Å². The smallest absolute Gasteiger partial charge is 0.265 e. The molecule has 3 aromatic rings. The fourth-order valence-electron chi connectivity index (χ4n) is 3.55. The zero-order valence-corrected chi connectivity index (χ0v) is 20.0. The van der Waals surface area contributed by atoms with Gasteiger partial charge in [-0.3, -0.25) is 14.9 Å². The van der Waals surface area contributed by atoms with Gasteiger partial charge in [-0.1, -0.05) is 6.07 Å². The van der Waals surface area contributed by atoms with Crippen molar-refractivity contribution < 1.29 is 23.8 Å². The summed E-state index contributed by atoms with van der Waals surface area (Å²) >= 11 is 1.33. The van der Waals surface area contributed by atoms with Gasteiger partial charge in [-0.15, -0.1) is 11.3 Å². The van der Waals surface area contributed by atoms with Crippen molar-refractivity contribution >= 4 is 40.0 Å². The van der Waals surface area contributed by atoms with E-state index in [-0.39, 0.29) is 18.4 Å². The first-order chi connectivity index (χ1) is 16.5. The molecule has 0 radical (unpaired) electrons. The normalized spacial score (nSPS) is 12.9. The third-order valence-electron chi connectivity index (χ3n) is 5.16. The zero-order valence-electron chi connectivity index (χ0n) is 19.2. The van der Waals surface area contributed by atoms with Crippen LogP contribution >= 0.6 is 11.3 Å². The maximum Gasteiger partial charge on any atom is 0.265 e. The molecule has 34 heavy (non-hydrogen) atoms. The molecule has 1 aliphatic rings. The summed E-state index contributed by atoms with van der Waals surface area (Å²) in [6, 6.07) is 11.1. The van der Waals surface area contributed by atoms with Crippen molar-refractivity contribution in [2.75, 3.05) is 37.1 Å². The van der Waals surface area contributed by atoms with E-state index in [1.54, 1.807) is 24.2 Å². The minimum absolute atomic E-state index is 0.0457. The number of hydrogen-bond acceptors (Lipinski definition) is 7. The number of nitrogens with zero attached hydrogens (tertiary/aromatic N) is 2. The summed E-state index contributed by atoms with van der Waals surface area (Å²) in [7, 11) is 1.57. The van der Waals surface area contributed by atoms with Gasteiger partial charge in [0.25, 0.3) is 5.91 Å². The molecule has 0 atom stereocenters. The molecule has 2 amide bonds. The van der Waals surface area contributed by atoms with Crippen LogP contribution in [0.1, 0.15) is 19.4 Å². The molecule has 0 bridgehead atoms. The average molecular weight is 480 g/mol. The second-order valence-electron chi connectivity index (χ2n) is 7.31. The standard InChI is InChI=1S/C25H25N3O5S/c1-4-28-19-13-17(8-10-20(19)33-14-24(28)30)18-15-34-25(26-18)27-23(29)11-7-16-6-9-21(32-5-2)22(12-16)31-3/h6-13,15H,4-5,14H2,1-3H3,(H,26,27,29). The Morgan fingerprint density at radius 3 is 2.85 bits per heavy atom. The monoisotopic (exact) mass is 479 g/mol. The number of hydrogen-bond donors (Lipinski definition) is 1.